The molecule has 0 saturated carbocycles. The van der Waals surface area contributed by atoms with Crippen LogP contribution in [-0.4, -0.2) is 19.8 Å². The lowest BCUT2D eigenvalue weighted by Gasteiger charge is -2.03. The SMILES string of the molecule is Oc1ccc(O)n1-c1ccccn1. The van der Waals surface area contributed by atoms with Crippen LogP contribution in [0.1, 0.15) is 0 Å². The van der Waals surface area contributed by atoms with E-state index in [9.17, 15) is 10.2 Å². The molecule has 13 heavy (non-hydrogen) atoms. The largest absolute Gasteiger partial charge is 0.494 e. The number of pyridine rings is 1. The monoisotopic (exact) mass is 176 g/mol. The first-order valence-corrected chi connectivity index (χ1v) is 3.80. The fraction of sp³-hybridized carbons (Fsp3) is 0. The van der Waals surface area contributed by atoms with Gasteiger partial charge in [0.15, 0.2) is 11.8 Å². The lowest BCUT2D eigenvalue weighted by atomic mass is 10.4. The molecule has 2 N–H and O–H groups in total. The molecule has 2 aromatic heterocycles. The van der Waals surface area contributed by atoms with E-state index in [1.54, 1.807) is 24.4 Å². The standard InChI is InChI=1S/C9H8N2O2/c12-8-4-5-9(13)11(8)7-3-1-2-6-10-7/h1-6,12-13H. The quantitative estimate of drug-likeness (QED) is 0.688. The van der Waals surface area contributed by atoms with Gasteiger partial charge in [-0.05, 0) is 12.1 Å². The Labute approximate surface area is 74.7 Å². The van der Waals surface area contributed by atoms with Crippen LogP contribution >= 0.6 is 0 Å². The topological polar surface area (TPSA) is 58.3 Å². The molecule has 0 aromatic carbocycles. The summed E-state index contributed by atoms with van der Waals surface area (Å²) in [6.45, 7) is 0. The first kappa shape index (κ1) is 7.67. The minimum Gasteiger partial charge on any atom is -0.494 e. The maximum atomic E-state index is 9.35. The summed E-state index contributed by atoms with van der Waals surface area (Å²) >= 11 is 0. The highest BCUT2D eigenvalue weighted by molar-refractivity contribution is 5.36. The Hall–Kier alpha value is -1.97. The molecule has 4 heteroatoms. The Kier molecular flexibility index (Phi) is 1.66. The summed E-state index contributed by atoms with van der Waals surface area (Å²) in [5.74, 6) is 0.426. The van der Waals surface area contributed by atoms with Crippen LogP contribution in [0.5, 0.6) is 11.8 Å². The minimum absolute atomic E-state index is 0.0313. The van der Waals surface area contributed by atoms with Crippen LogP contribution in [0.3, 0.4) is 0 Å². The van der Waals surface area contributed by atoms with Gasteiger partial charge in [0.2, 0.25) is 0 Å². The number of aromatic hydroxyl groups is 2. The number of nitrogens with zero attached hydrogens (tertiary/aromatic N) is 2. The Morgan fingerprint density at radius 2 is 1.69 bits per heavy atom. The normalized spacial score (nSPS) is 10.2. The molecule has 66 valence electrons. The third kappa shape index (κ3) is 1.22. The molecule has 0 radical (unpaired) electrons. The molecule has 2 rings (SSSR count). The van der Waals surface area contributed by atoms with Crippen molar-refractivity contribution in [2.24, 2.45) is 0 Å². The highest BCUT2D eigenvalue weighted by atomic mass is 16.3. The molecule has 0 aliphatic carbocycles. The zero-order valence-electron chi connectivity index (χ0n) is 6.75. The van der Waals surface area contributed by atoms with E-state index < -0.39 is 0 Å². The van der Waals surface area contributed by atoms with Crippen LogP contribution < -0.4 is 0 Å². The van der Waals surface area contributed by atoms with Crippen molar-refractivity contribution in [2.75, 3.05) is 0 Å². The molecule has 0 aliphatic rings. The van der Waals surface area contributed by atoms with Crippen LogP contribution in [0, 0.1) is 0 Å². The van der Waals surface area contributed by atoms with Crippen molar-refractivity contribution < 1.29 is 10.2 Å². The molecule has 0 atom stereocenters. The van der Waals surface area contributed by atoms with Gasteiger partial charge in [-0.2, -0.15) is 0 Å². The zero-order chi connectivity index (χ0) is 9.26. The lowest BCUT2D eigenvalue weighted by molar-refractivity contribution is 0.401. The van der Waals surface area contributed by atoms with Gasteiger partial charge in [0.25, 0.3) is 0 Å². The average molecular weight is 176 g/mol. The van der Waals surface area contributed by atoms with Crippen molar-refractivity contribution in [3.05, 3.63) is 36.5 Å². The van der Waals surface area contributed by atoms with E-state index in [-0.39, 0.29) is 11.8 Å². The van der Waals surface area contributed by atoms with Crippen molar-refractivity contribution >= 4 is 0 Å². The highest BCUT2D eigenvalue weighted by Crippen LogP contribution is 2.24. The molecule has 0 spiro atoms. The van der Waals surface area contributed by atoms with E-state index in [0.717, 1.165) is 0 Å². The van der Waals surface area contributed by atoms with Crippen molar-refractivity contribution in [2.45, 2.75) is 0 Å². The molecule has 0 unspecified atom stereocenters. The fourth-order valence-electron chi connectivity index (χ4n) is 1.14. The van der Waals surface area contributed by atoms with Gasteiger partial charge in [0.1, 0.15) is 5.82 Å². The maximum Gasteiger partial charge on any atom is 0.199 e. The van der Waals surface area contributed by atoms with Crippen LogP contribution in [-0.2, 0) is 0 Å². The van der Waals surface area contributed by atoms with Crippen LogP contribution in [0.25, 0.3) is 5.82 Å². The lowest BCUT2D eigenvalue weighted by Crippen LogP contribution is -1.94. The van der Waals surface area contributed by atoms with E-state index >= 15 is 0 Å². The number of hydrogen-bond acceptors (Lipinski definition) is 3. The molecule has 0 fully saturated rings. The van der Waals surface area contributed by atoms with Gasteiger partial charge in [-0.1, -0.05) is 6.07 Å². The number of rotatable bonds is 1. The summed E-state index contributed by atoms with van der Waals surface area (Å²) in [5.41, 5.74) is 0. The minimum atomic E-state index is -0.0313. The predicted octanol–water partition coefficient (Wildman–Crippen LogP) is 1.28. The summed E-state index contributed by atoms with van der Waals surface area (Å²) in [6.07, 6.45) is 1.59. The van der Waals surface area contributed by atoms with Gasteiger partial charge >= 0.3 is 0 Å². The Balaban J connectivity index is 2.59. The number of hydrogen-bond donors (Lipinski definition) is 2. The summed E-state index contributed by atoms with van der Waals surface area (Å²) in [6, 6.07) is 8.05. The van der Waals surface area contributed by atoms with Crippen molar-refractivity contribution in [1.29, 1.82) is 0 Å². The second-order valence-electron chi connectivity index (χ2n) is 2.57. The summed E-state index contributed by atoms with van der Waals surface area (Å²) in [5, 5.41) is 18.7. The van der Waals surface area contributed by atoms with E-state index in [1.165, 1.54) is 16.7 Å². The van der Waals surface area contributed by atoms with E-state index in [4.69, 9.17) is 0 Å². The van der Waals surface area contributed by atoms with Crippen molar-refractivity contribution in [3.8, 4) is 17.6 Å². The molecule has 2 heterocycles. The van der Waals surface area contributed by atoms with Crippen LogP contribution in [0.2, 0.25) is 0 Å². The van der Waals surface area contributed by atoms with Gasteiger partial charge in [0, 0.05) is 18.3 Å². The van der Waals surface area contributed by atoms with Gasteiger partial charge in [-0.25, -0.2) is 9.55 Å². The molecular formula is C9H8N2O2. The second kappa shape index (κ2) is 2.82. The summed E-state index contributed by atoms with van der Waals surface area (Å²) in [7, 11) is 0. The van der Waals surface area contributed by atoms with Crippen molar-refractivity contribution in [3.63, 3.8) is 0 Å². The smallest absolute Gasteiger partial charge is 0.199 e. The Morgan fingerprint density at radius 1 is 1.00 bits per heavy atom. The van der Waals surface area contributed by atoms with Gasteiger partial charge in [0.05, 0.1) is 0 Å². The Bertz CT molecular complexity index is 389. The molecular weight excluding hydrogens is 168 g/mol. The molecule has 0 amide bonds. The third-order valence-corrected chi connectivity index (χ3v) is 1.72. The highest BCUT2D eigenvalue weighted by Gasteiger charge is 2.07. The first-order valence-electron chi connectivity index (χ1n) is 3.80. The molecule has 0 bridgehead atoms. The zero-order valence-corrected chi connectivity index (χ0v) is 6.75. The summed E-state index contributed by atoms with van der Waals surface area (Å²) < 4.78 is 1.25. The van der Waals surface area contributed by atoms with Gasteiger partial charge in [-0.15, -0.1) is 0 Å². The first-order chi connectivity index (χ1) is 6.29. The van der Waals surface area contributed by atoms with Crippen LogP contribution in [0.4, 0.5) is 0 Å². The molecule has 0 saturated heterocycles. The second-order valence-corrected chi connectivity index (χ2v) is 2.57. The maximum absolute atomic E-state index is 9.35. The van der Waals surface area contributed by atoms with Crippen molar-refractivity contribution in [1.82, 2.24) is 9.55 Å². The average Bonchev–Trinajstić information content (AvgIpc) is 2.48. The molecule has 0 aliphatic heterocycles. The third-order valence-electron chi connectivity index (χ3n) is 1.72. The fourth-order valence-corrected chi connectivity index (χ4v) is 1.14. The summed E-state index contributed by atoms with van der Waals surface area (Å²) in [4.78, 5) is 3.99. The number of aromatic nitrogens is 2. The van der Waals surface area contributed by atoms with Crippen LogP contribution in [0.15, 0.2) is 36.5 Å². The van der Waals surface area contributed by atoms with E-state index in [1.807, 2.05) is 0 Å². The van der Waals surface area contributed by atoms with E-state index in [0.29, 0.717) is 5.82 Å². The molecule has 2 aromatic rings. The molecule has 4 nitrogen and oxygen atoms in total. The van der Waals surface area contributed by atoms with Gasteiger partial charge in [-0.3, -0.25) is 0 Å². The van der Waals surface area contributed by atoms with Gasteiger partial charge < -0.3 is 10.2 Å². The predicted molar refractivity (Wildman–Crippen MR) is 46.9 cm³/mol. The Morgan fingerprint density at radius 3 is 2.23 bits per heavy atom. The van der Waals surface area contributed by atoms with E-state index in [2.05, 4.69) is 4.98 Å².